The minimum atomic E-state index is -0.634. The molecule has 1 amide bonds. The Labute approximate surface area is 107 Å². The highest BCUT2D eigenvalue weighted by Crippen LogP contribution is 2.05. The third-order valence-corrected chi connectivity index (χ3v) is 2.33. The second-order valence-electron chi connectivity index (χ2n) is 3.85. The first-order valence-electron chi connectivity index (χ1n) is 5.42. The molecule has 0 aliphatic heterocycles. The Bertz CT molecular complexity index is 652. The average molecular weight is 262 g/mol. The van der Waals surface area contributed by atoms with Crippen molar-refractivity contribution >= 4 is 17.3 Å². The Kier molecular flexibility index (Phi) is 3.56. The number of nitrogens with two attached hydrogens (primary N) is 1. The highest BCUT2D eigenvalue weighted by atomic mass is 19.1. The first-order valence-corrected chi connectivity index (χ1v) is 5.42. The molecule has 0 unspecified atom stereocenters. The molecule has 0 bridgehead atoms. The quantitative estimate of drug-likeness (QED) is 0.793. The van der Waals surface area contributed by atoms with E-state index in [0.717, 1.165) is 6.07 Å². The number of hydrogen-bond acceptors (Lipinski definition) is 4. The Morgan fingerprint density at radius 1 is 1.37 bits per heavy atom. The number of nitrogens with one attached hydrogen (secondary N) is 1. The van der Waals surface area contributed by atoms with E-state index in [4.69, 9.17) is 5.73 Å². The topological polar surface area (TPSA) is 90.0 Å². The highest BCUT2D eigenvalue weighted by molar-refractivity contribution is 5.90. The number of pyridine rings is 2. The monoisotopic (exact) mass is 262 g/mol. The van der Waals surface area contributed by atoms with Gasteiger partial charge in [0.1, 0.15) is 6.54 Å². The van der Waals surface area contributed by atoms with Crippen molar-refractivity contribution in [2.24, 2.45) is 0 Å². The molecule has 7 heteroatoms. The molecule has 0 fully saturated rings. The molecule has 0 aliphatic rings. The number of anilines is 2. The van der Waals surface area contributed by atoms with E-state index in [-0.39, 0.29) is 12.1 Å². The first kappa shape index (κ1) is 12.7. The van der Waals surface area contributed by atoms with Gasteiger partial charge in [-0.25, -0.2) is 4.98 Å². The van der Waals surface area contributed by atoms with Gasteiger partial charge in [0.05, 0.1) is 11.9 Å². The van der Waals surface area contributed by atoms with Crippen LogP contribution in [0.5, 0.6) is 0 Å². The van der Waals surface area contributed by atoms with Crippen LogP contribution in [0.15, 0.2) is 41.5 Å². The first-order chi connectivity index (χ1) is 9.04. The normalized spacial score (nSPS) is 10.2. The van der Waals surface area contributed by atoms with Crippen molar-refractivity contribution in [2.75, 3.05) is 11.1 Å². The van der Waals surface area contributed by atoms with Gasteiger partial charge in [-0.15, -0.1) is 0 Å². The van der Waals surface area contributed by atoms with E-state index in [2.05, 4.69) is 10.3 Å². The second-order valence-corrected chi connectivity index (χ2v) is 3.85. The van der Waals surface area contributed by atoms with Crippen LogP contribution in [0.3, 0.4) is 0 Å². The summed E-state index contributed by atoms with van der Waals surface area (Å²) >= 11 is 0. The molecule has 6 nitrogen and oxygen atoms in total. The van der Waals surface area contributed by atoms with Gasteiger partial charge in [-0.2, -0.15) is 4.39 Å². The Morgan fingerprint density at radius 3 is 2.84 bits per heavy atom. The maximum atomic E-state index is 12.6. The third-order valence-electron chi connectivity index (χ3n) is 2.33. The van der Waals surface area contributed by atoms with Crippen molar-refractivity contribution in [1.82, 2.24) is 9.55 Å². The number of amides is 1. The molecule has 2 aromatic rings. The summed E-state index contributed by atoms with van der Waals surface area (Å²) < 4.78 is 13.8. The number of halogens is 1. The molecule has 0 atom stereocenters. The molecule has 2 aromatic heterocycles. The molecule has 2 heterocycles. The van der Waals surface area contributed by atoms with Gasteiger partial charge in [0.15, 0.2) is 0 Å². The van der Waals surface area contributed by atoms with E-state index < -0.39 is 11.9 Å². The number of nitrogen functional groups attached to an aromatic ring is 1. The Morgan fingerprint density at radius 2 is 2.16 bits per heavy atom. The molecular formula is C12H11FN4O2. The number of aromatic nitrogens is 2. The van der Waals surface area contributed by atoms with E-state index in [1.807, 2.05) is 0 Å². The minimum Gasteiger partial charge on any atom is -0.398 e. The largest absolute Gasteiger partial charge is 0.398 e. The van der Waals surface area contributed by atoms with Gasteiger partial charge in [0, 0.05) is 18.0 Å². The zero-order valence-corrected chi connectivity index (χ0v) is 9.84. The van der Waals surface area contributed by atoms with Crippen molar-refractivity contribution in [3.63, 3.8) is 0 Å². The van der Waals surface area contributed by atoms with Crippen LogP contribution < -0.4 is 16.6 Å². The second kappa shape index (κ2) is 5.30. The van der Waals surface area contributed by atoms with Crippen LogP contribution >= 0.6 is 0 Å². The Balaban J connectivity index is 2.07. The van der Waals surface area contributed by atoms with Crippen LogP contribution in [-0.4, -0.2) is 15.5 Å². The predicted octanol–water partition coefficient (Wildman–Crippen LogP) is 0.603. The summed E-state index contributed by atoms with van der Waals surface area (Å²) in [4.78, 5) is 26.6. The van der Waals surface area contributed by atoms with E-state index in [1.54, 1.807) is 0 Å². The molecule has 0 aromatic carbocycles. The van der Waals surface area contributed by atoms with Gasteiger partial charge in [0.2, 0.25) is 11.9 Å². The lowest BCUT2D eigenvalue weighted by molar-refractivity contribution is -0.116. The summed E-state index contributed by atoms with van der Waals surface area (Å²) in [6, 6.07) is 5.24. The van der Waals surface area contributed by atoms with Crippen molar-refractivity contribution in [1.29, 1.82) is 0 Å². The minimum absolute atomic E-state index is 0.179. The lowest BCUT2D eigenvalue weighted by Crippen LogP contribution is -2.27. The summed E-state index contributed by atoms with van der Waals surface area (Å²) in [6.07, 6.45) is 2.57. The predicted molar refractivity (Wildman–Crippen MR) is 67.9 cm³/mol. The molecular weight excluding hydrogens is 251 g/mol. The summed E-state index contributed by atoms with van der Waals surface area (Å²) in [5, 5.41) is 2.50. The molecule has 2 rings (SSSR count). The van der Waals surface area contributed by atoms with Crippen LogP contribution in [-0.2, 0) is 11.3 Å². The zero-order chi connectivity index (χ0) is 13.8. The van der Waals surface area contributed by atoms with Crippen LogP contribution in [0.25, 0.3) is 0 Å². The maximum Gasteiger partial charge on any atom is 0.251 e. The van der Waals surface area contributed by atoms with Gasteiger partial charge < -0.3 is 15.6 Å². The lowest BCUT2D eigenvalue weighted by Gasteiger charge is -2.07. The van der Waals surface area contributed by atoms with Crippen LogP contribution in [0, 0.1) is 5.95 Å². The average Bonchev–Trinajstić information content (AvgIpc) is 2.37. The number of nitrogens with zero attached hydrogens (tertiary/aromatic N) is 2. The molecule has 0 spiro atoms. The summed E-state index contributed by atoms with van der Waals surface area (Å²) in [5.41, 5.74) is 5.93. The lowest BCUT2D eigenvalue weighted by atomic mass is 10.4. The van der Waals surface area contributed by atoms with E-state index >= 15 is 0 Å². The van der Waals surface area contributed by atoms with Crippen molar-refractivity contribution in [3.05, 3.63) is 53.0 Å². The molecule has 19 heavy (non-hydrogen) atoms. The van der Waals surface area contributed by atoms with Gasteiger partial charge in [-0.3, -0.25) is 9.59 Å². The van der Waals surface area contributed by atoms with E-state index in [9.17, 15) is 14.0 Å². The standard InChI is InChI=1S/C12H11FN4O2/c13-10-3-2-9(5-15-10)16-11(18)7-17-6-8(14)1-4-12(17)19/h1-6H,7,14H2,(H,16,18). The van der Waals surface area contributed by atoms with E-state index in [0.29, 0.717) is 11.4 Å². The summed E-state index contributed by atoms with van der Waals surface area (Å²) in [6.45, 7) is -0.179. The molecule has 0 radical (unpaired) electrons. The zero-order valence-electron chi connectivity index (χ0n) is 9.84. The van der Waals surface area contributed by atoms with Crippen molar-refractivity contribution in [3.8, 4) is 0 Å². The van der Waals surface area contributed by atoms with Crippen LogP contribution in [0.2, 0.25) is 0 Å². The molecule has 0 saturated heterocycles. The molecule has 3 N–H and O–H groups in total. The number of carbonyl (C=O) groups excluding carboxylic acids is 1. The number of rotatable bonds is 3. The Hall–Kier alpha value is -2.70. The maximum absolute atomic E-state index is 12.6. The number of carbonyl (C=O) groups is 1. The fourth-order valence-electron chi connectivity index (χ4n) is 1.48. The fraction of sp³-hybridized carbons (Fsp3) is 0.0833. The molecule has 0 saturated carbocycles. The van der Waals surface area contributed by atoms with Gasteiger partial charge in [-0.05, 0) is 18.2 Å². The molecule has 98 valence electrons. The van der Waals surface area contributed by atoms with Gasteiger partial charge in [0.25, 0.3) is 5.56 Å². The number of hydrogen-bond donors (Lipinski definition) is 2. The van der Waals surface area contributed by atoms with Crippen molar-refractivity contribution in [2.45, 2.75) is 6.54 Å². The molecule has 0 aliphatic carbocycles. The third kappa shape index (κ3) is 3.38. The van der Waals surface area contributed by atoms with Gasteiger partial charge in [-0.1, -0.05) is 0 Å². The van der Waals surface area contributed by atoms with Crippen LogP contribution in [0.4, 0.5) is 15.8 Å². The van der Waals surface area contributed by atoms with E-state index in [1.165, 1.54) is 35.2 Å². The SMILES string of the molecule is Nc1ccc(=O)n(CC(=O)Nc2ccc(F)nc2)c1. The summed E-state index contributed by atoms with van der Waals surface area (Å²) in [5.74, 6) is -1.06. The van der Waals surface area contributed by atoms with Crippen molar-refractivity contribution < 1.29 is 9.18 Å². The smallest absolute Gasteiger partial charge is 0.251 e. The highest BCUT2D eigenvalue weighted by Gasteiger charge is 2.05. The summed E-state index contributed by atoms with van der Waals surface area (Å²) in [7, 11) is 0. The fourth-order valence-corrected chi connectivity index (χ4v) is 1.48. The van der Waals surface area contributed by atoms with Gasteiger partial charge >= 0.3 is 0 Å². The van der Waals surface area contributed by atoms with Crippen LogP contribution in [0.1, 0.15) is 0 Å².